The van der Waals surface area contributed by atoms with Gasteiger partial charge in [-0.15, -0.1) is 11.3 Å². The molecule has 9 heteroatoms. The van der Waals surface area contributed by atoms with Crippen LogP contribution in [0.25, 0.3) is 0 Å². The van der Waals surface area contributed by atoms with Crippen molar-refractivity contribution < 1.29 is 22.7 Å². The highest BCUT2D eigenvalue weighted by molar-refractivity contribution is 7.91. The Bertz CT molecular complexity index is 952. The van der Waals surface area contributed by atoms with Crippen LogP contribution in [0.2, 0.25) is 0 Å². The van der Waals surface area contributed by atoms with E-state index in [0.717, 1.165) is 5.56 Å². The Kier molecular flexibility index (Phi) is 7.38. The Labute approximate surface area is 182 Å². The molecule has 0 bridgehead atoms. The van der Waals surface area contributed by atoms with E-state index >= 15 is 0 Å². The maximum Gasteiger partial charge on any atom is 0.252 e. The molecule has 2 heterocycles. The van der Waals surface area contributed by atoms with Crippen molar-refractivity contribution >= 4 is 27.3 Å². The minimum absolute atomic E-state index is 0.0728. The normalized spacial score (nSPS) is 15.7. The van der Waals surface area contributed by atoms with Crippen LogP contribution < -0.4 is 9.47 Å². The molecule has 1 aromatic heterocycles. The van der Waals surface area contributed by atoms with Gasteiger partial charge in [-0.25, -0.2) is 8.42 Å². The minimum atomic E-state index is -3.44. The summed E-state index contributed by atoms with van der Waals surface area (Å²) >= 11 is 1.22. The first kappa shape index (κ1) is 22.6. The molecule has 1 saturated heterocycles. The van der Waals surface area contributed by atoms with Gasteiger partial charge < -0.3 is 14.4 Å². The van der Waals surface area contributed by atoms with Crippen LogP contribution in [0.4, 0.5) is 0 Å². The van der Waals surface area contributed by atoms with E-state index in [0.29, 0.717) is 54.6 Å². The second-order valence-electron chi connectivity index (χ2n) is 7.31. The van der Waals surface area contributed by atoms with Crippen LogP contribution in [-0.4, -0.2) is 64.4 Å². The number of piperidine rings is 1. The van der Waals surface area contributed by atoms with Gasteiger partial charge in [-0.3, -0.25) is 4.79 Å². The lowest BCUT2D eigenvalue weighted by Crippen LogP contribution is -2.43. The van der Waals surface area contributed by atoms with Crippen molar-refractivity contribution in [3.63, 3.8) is 0 Å². The van der Waals surface area contributed by atoms with E-state index < -0.39 is 10.0 Å². The Morgan fingerprint density at radius 3 is 2.47 bits per heavy atom. The van der Waals surface area contributed by atoms with E-state index in [1.807, 2.05) is 18.2 Å². The lowest BCUT2D eigenvalue weighted by molar-refractivity contribution is -0.135. The molecule has 7 nitrogen and oxygen atoms in total. The largest absolute Gasteiger partial charge is 0.493 e. The molecule has 1 aliphatic heterocycles. The number of methoxy groups -OCH3 is 2. The fourth-order valence-electron chi connectivity index (χ4n) is 3.64. The molecule has 0 aliphatic carbocycles. The van der Waals surface area contributed by atoms with Gasteiger partial charge in [0, 0.05) is 32.6 Å². The number of carbonyl (C=O) groups is 1. The smallest absolute Gasteiger partial charge is 0.252 e. The first-order chi connectivity index (χ1) is 14.4. The minimum Gasteiger partial charge on any atom is -0.493 e. The van der Waals surface area contributed by atoms with Crippen LogP contribution >= 0.6 is 11.3 Å². The number of likely N-dealkylation sites (N-methyl/N-ethyl adjacent to an activating group) is 1. The van der Waals surface area contributed by atoms with E-state index in [4.69, 9.17) is 9.47 Å². The fraction of sp³-hybridized carbons (Fsp3) is 0.476. The number of nitrogens with zero attached hydrogens (tertiary/aromatic N) is 2. The van der Waals surface area contributed by atoms with E-state index in [1.165, 1.54) is 15.6 Å². The molecular weight excluding hydrogens is 424 g/mol. The van der Waals surface area contributed by atoms with Crippen LogP contribution in [0.15, 0.2) is 39.9 Å². The average molecular weight is 453 g/mol. The van der Waals surface area contributed by atoms with E-state index in [2.05, 4.69) is 0 Å². The molecule has 0 atom stereocenters. The summed E-state index contributed by atoms with van der Waals surface area (Å²) in [7, 11) is 1.56. The van der Waals surface area contributed by atoms with Crippen molar-refractivity contribution in [1.29, 1.82) is 0 Å². The standard InChI is InChI=1S/C21H28N2O5S2/c1-22(11-8-16-6-7-18(27-2)19(15-16)28-3)21(24)17-9-12-23(13-10-17)30(25,26)20-5-4-14-29-20/h4-7,14-15,17H,8-13H2,1-3H3. The second kappa shape index (κ2) is 9.80. The second-order valence-corrected chi connectivity index (χ2v) is 10.4. The van der Waals surface area contributed by atoms with E-state index in [-0.39, 0.29) is 11.8 Å². The van der Waals surface area contributed by atoms with Gasteiger partial charge in [0.1, 0.15) is 4.21 Å². The van der Waals surface area contributed by atoms with Gasteiger partial charge in [0.15, 0.2) is 11.5 Å². The predicted octanol–water partition coefficient (Wildman–Crippen LogP) is 2.87. The molecule has 1 aromatic carbocycles. The lowest BCUT2D eigenvalue weighted by atomic mass is 9.96. The van der Waals surface area contributed by atoms with Crippen molar-refractivity contribution in [1.82, 2.24) is 9.21 Å². The third-order valence-corrected chi connectivity index (χ3v) is 8.72. The van der Waals surface area contributed by atoms with E-state index in [9.17, 15) is 13.2 Å². The molecule has 1 aliphatic rings. The zero-order chi connectivity index (χ0) is 21.7. The monoisotopic (exact) mass is 452 g/mol. The maximum absolute atomic E-state index is 12.8. The number of hydrogen-bond acceptors (Lipinski definition) is 6. The third kappa shape index (κ3) is 4.96. The van der Waals surface area contributed by atoms with Gasteiger partial charge in [0.05, 0.1) is 14.2 Å². The Balaban J connectivity index is 1.52. The first-order valence-electron chi connectivity index (χ1n) is 9.86. The van der Waals surface area contributed by atoms with Gasteiger partial charge in [-0.2, -0.15) is 4.31 Å². The quantitative estimate of drug-likeness (QED) is 0.616. The summed E-state index contributed by atoms with van der Waals surface area (Å²) in [4.78, 5) is 14.6. The summed E-state index contributed by atoms with van der Waals surface area (Å²) in [5.41, 5.74) is 1.06. The molecular formula is C21H28N2O5S2. The molecule has 0 saturated carbocycles. The van der Waals surface area contributed by atoms with Gasteiger partial charge in [0.25, 0.3) is 10.0 Å². The summed E-state index contributed by atoms with van der Waals surface area (Å²) in [5, 5.41) is 1.76. The topological polar surface area (TPSA) is 76.2 Å². The molecule has 0 unspecified atom stereocenters. The molecule has 0 spiro atoms. The molecule has 164 valence electrons. The summed E-state index contributed by atoms with van der Waals surface area (Å²) in [6.45, 7) is 1.34. The van der Waals surface area contributed by atoms with Crippen LogP contribution in [-0.2, 0) is 21.2 Å². The number of carbonyl (C=O) groups excluding carboxylic acids is 1. The van der Waals surface area contributed by atoms with Crippen LogP contribution in [0.5, 0.6) is 11.5 Å². The zero-order valence-corrected chi connectivity index (χ0v) is 19.2. The molecule has 3 rings (SSSR count). The molecule has 0 radical (unpaired) electrons. The Hall–Kier alpha value is -2.10. The van der Waals surface area contributed by atoms with Crippen molar-refractivity contribution in [2.24, 2.45) is 5.92 Å². The summed E-state index contributed by atoms with van der Waals surface area (Å²) in [5.74, 6) is 1.28. The van der Waals surface area contributed by atoms with E-state index in [1.54, 1.807) is 43.7 Å². The number of benzene rings is 1. The number of hydrogen-bond donors (Lipinski definition) is 0. The van der Waals surface area contributed by atoms with Crippen LogP contribution in [0.1, 0.15) is 18.4 Å². The number of thiophene rings is 1. The van der Waals surface area contributed by atoms with Crippen molar-refractivity contribution in [3.8, 4) is 11.5 Å². The third-order valence-electron chi connectivity index (χ3n) is 5.45. The van der Waals surface area contributed by atoms with Crippen molar-refractivity contribution in [2.45, 2.75) is 23.5 Å². The first-order valence-corrected chi connectivity index (χ1v) is 12.2. The summed E-state index contributed by atoms with van der Waals surface area (Å²) in [6, 6.07) is 9.11. The van der Waals surface area contributed by atoms with Gasteiger partial charge in [-0.05, 0) is 48.4 Å². The van der Waals surface area contributed by atoms with Crippen molar-refractivity contribution in [2.75, 3.05) is 40.9 Å². The van der Waals surface area contributed by atoms with Gasteiger partial charge in [-0.1, -0.05) is 12.1 Å². The molecule has 2 aromatic rings. The summed E-state index contributed by atoms with van der Waals surface area (Å²) in [6.07, 6.45) is 1.79. The molecule has 30 heavy (non-hydrogen) atoms. The van der Waals surface area contributed by atoms with Crippen LogP contribution in [0.3, 0.4) is 0 Å². The fourth-order valence-corrected chi connectivity index (χ4v) is 6.25. The van der Waals surface area contributed by atoms with Gasteiger partial charge in [0.2, 0.25) is 5.91 Å². The highest BCUT2D eigenvalue weighted by Crippen LogP contribution is 2.29. The highest BCUT2D eigenvalue weighted by atomic mass is 32.2. The maximum atomic E-state index is 12.8. The number of rotatable bonds is 8. The number of amides is 1. The SMILES string of the molecule is COc1ccc(CCN(C)C(=O)C2CCN(S(=O)(=O)c3cccs3)CC2)cc1OC. The molecule has 0 N–H and O–H groups in total. The number of ether oxygens (including phenoxy) is 2. The molecule has 1 fully saturated rings. The zero-order valence-electron chi connectivity index (χ0n) is 17.5. The summed E-state index contributed by atoms with van der Waals surface area (Å²) < 4.78 is 37.7. The van der Waals surface area contributed by atoms with Gasteiger partial charge >= 0.3 is 0 Å². The lowest BCUT2D eigenvalue weighted by Gasteiger charge is -2.32. The van der Waals surface area contributed by atoms with Crippen molar-refractivity contribution in [3.05, 3.63) is 41.3 Å². The highest BCUT2D eigenvalue weighted by Gasteiger charge is 2.33. The molecule has 1 amide bonds. The Morgan fingerprint density at radius 2 is 1.87 bits per heavy atom. The Morgan fingerprint density at radius 1 is 1.17 bits per heavy atom. The average Bonchev–Trinajstić information content (AvgIpc) is 3.32. The predicted molar refractivity (Wildman–Crippen MR) is 117 cm³/mol. The van der Waals surface area contributed by atoms with Crippen LogP contribution in [0, 0.1) is 5.92 Å². The number of sulfonamides is 1.